The summed E-state index contributed by atoms with van der Waals surface area (Å²) in [5, 5.41) is 3.59. The zero-order valence-corrected chi connectivity index (χ0v) is 10.3. The summed E-state index contributed by atoms with van der Waals surface area (Å²) in [6, 6.07) is 0. The average molecular weight is 259 g/mol. The molecule has 0 atom stereocenters. The van der Waals surface area contributed by atoms with Crippen LogP contribution < -0.4 is 10.0 Å². The van der Waals surface area contributed by atoms with Crippen LogP contribution in [0.1, 0.15) is 23.4 Å². The maximum atomic E-state index is 11.7. The van der Waals surface area contributed by atoms with Gasteiger partial charge in [-0.25, -0.2) is 13.4 Å². The fourth-order valence-electron chi connectivity index (χ4n) is 1.75. The van der Waals surface area contributed by atoms with Crippen molar-refractivity contribution in [1.29, 1.82) is 0 Å². The normalized spacial score (nSPS) is 20.5. The summed E-state index contributed by atoms with van der Waals surface area (Å²) in [7, 11) is -3.16. The van der Waals surface area contributed by atoms with Gasteiger partial charge < -0.3 is 5.32 Å². The quantitative estimate of drug-likeness (QED) is 0.838. The van der Waals surface area contributed by atoms with E-state index in [1.165, 1.54) is 11.3 Å². The van der Waals surface area contributed by atoms with E-state index >= 15 is 0 Å². The Morgan fingerprint density at radius 1 is 1.44 bits per heavy atom. The number of hydrogen-bond acceptors (Lipinski definition) is 5. The minimum atomic E-state index is -3.16. The Hall–Kier alpha value is -0.660. The van der Waals surface area contributed by atoms with Gasteiger partial charge in [-0.15, -0.1) is 0 Å². The molecule has 0 amide bonds. The average Bonchev–Trinajstić information content (AvgIpc) is 3.00. The summed E-state index contributed by atoms with van der Waals surface area (Å²) in [6.45, 7) is 1.73. The van der Waals surface area contributed by atoms with E-state index in [-0.39, 0.29) is 5.25 Å². The molecule has 0 spiro atoms. The van der Waals surface area contributed by atoms with Gasteiger partial charge in [0.1, 0.15) is 0 Å². The van der Waals surface area contributed by atoms with Crippen molar-refractivity contribution in [2.24, 2.45) is 0 Å². The number of fused-ring (bicyclic) bond motifs is 1. The molecule has 7 heteroatoms. The molecule has 16 heavy (non-hydrogen) atoms. The Morgan fingerprint density at radius 3 is 2.94 bits per heavy atom. The van der Waals surface area contributed by atoms with Gasteiger partial charge >= 0.3 is 0 Å². The van der Waals surface area contributed by atoms with Crippen molar-refractivity contribution in [3.63, 3.8) is 0 Å². The van der Waals surface area contributed by atoms with Crippen LogP contribution in [0.4, 0.5) is 5.13 Å². The topological polar surface area (TPSA) is 71.1 Å². The van der Waals surface area contributed by atoms with Gasteiger partial charge in [0.2, 0.25) is 10.0 Å². The fourth-order valence-corrected chi connectivity index (χ4v) is 4.31. The van der Waals surface area contributed by atoms with E-state index in [1.807, 2.05) is 0 Å². The Kier molecular flexibility index (Phi) is 2.41. The molecule has 2 aliphatic rings. The first-order valence-corrected chi connectivity index (χ1v) is 7.72. The number of rotatable bonds is 3. The van der Waals surface area contributed by atoms with E-state index in [0.29, 0.717) is 5.13 Å². The Bertz CT molecular complexity index is 481. The molecule has 1 fully saturated rings. The predicted molar refractivity (Wildman–Crippen MR) is 63.1 cm³/mol. The van der Waals surface area contributed by atoms with Gasteiger partial charge in [0.05, 0.1) is 10.9 Å². The number of nitrogens with zero attached hydrogens (tertiary/aromatic N) is 1. The van der Waals surface area contributed by atoms with E-state index in [0.717, 1.165) is 42.9 Å². The van der Waals surface area contributed by atoms with E-state index in [2.05, 4.69) is 15.0 Å². The van der Waals surface area contributed by atoms with Crippen LogP contribution in [0.5, 0.6) is 0 Å². The van der Waals surface area contributed by atoms with Crippen molar-refractivity contribution in [2.45, 2.75) is 31.1 Å². The number of nitrogens with one attached hydrogen (secondary N) is 2. The highest BCUT2D eigenvalue weighted by Crippen LogP contribution is 2.32. The lowest BCUT2D eigenvalue weighted by Crippen LogP contribution is -2.22. The molecule has 1 aromatic rings. The standard InChI is InChI=1S/C9H13N3O2S2/c13-16(14,6-1-2-6)12-9-11-7-3-4-10-5-8(7)15-9/h6,10H,1-5H2,(H,11,12). The van der Waals surface area contributed by atoms with Gasteiger partial charge in [-0.3, -0.25) is 4.72 Å². The third-order valence-corrected chi connectivity index (χ3v) is 5.76. The van der Waals surface area contributed by atoms with Crippen LogP contribution in [0.2, 0.25) is 0 Å². The summed E-state index contributed by atoms with van der Waals surface area (Å²) in [5.41, 5.74) is 1.04. The third kappa shape index (κ3) is 1.94. The lowest BCUT2D eigenvalue weighted by atomic mass is 10.2. The zero-order valence-electron chi connectivity index (χ0n) is 8.69. The molecular formula is C9H13N3O2S2. The van der Waals surface area contributed by atoms with Crippen molar-refractivity contribution in [3.05, 3.63) is 10.6 Å². The maximum Gasteiger partial charge on any atom is 0.237 e. The molecule has 0 bridgehead atoms. The van der Waals surface area contributed by atoms with Crippen molar-refractivity contribution in [1.82, 2.24) is 10.3 Å². The van der Waals surface area contributed by atoms with Crippen molar-refractivity contribution < 1.29 is 8.42 Å². The molecular weight excluding hydrogens is 246 g/mol. The van der Waals surface area contributed by atoms with Crippen molar-refractivity contribution in [2.75, 3.05) is 11.3 Å². The van der Waals surface area contributed by atoms with Gasteiger partial charge in [-0.1, -0.05) is 11.3 Å². The first-order chi connectivity index (χ1) is 7.65. The van der Waals surface area contributed by atoms with Crippen LogP contribution in [0, 0.1) is 0 Å². The second kappa shape index (κ2) is 3.68. The molecule has 1 aliphatic heterocycles. The predicted octanol–water partition coefficient (Wildman–Crippen LogP) is 0.693. The summed E-state index contributed by atoms with van der Waals surface area (Å²) in [4.78, 5) is 5.49. The fraction of sp³-hybridized carbons (Fsp3) is 0.667. The summed E-state index contributed by atoms with van der Waals surface area (Å²) < 4.78 is 26.0. The van der Waals surface area contributed by atoms with Crippen LogP contribution in [0.15, 0.2) is 0 Å². The lowest BCUT2D eigenvalue weighted by molar-refractivity contribution is 0.600. The summed E-state index contributed by atoms with van der Waals surface area (Å²) in [6.07, 6.45) is 2.45. The molecule has 1 aromatic heterocycles. The molecule has 0 aromatic carbocycles. The molecule has 1 saturated carbocycles. The molecule has 3 rings (SSSR count). The Balaban J connectivity index is 1.82. The second-order valence-electron chi connectivity index (χ2n) is 4.16. The van der Waals surface area contributed by atoms with Gasteiger partial charge in [0.15, 0.2) is 5.13 Å². The highest BCUT2D eigenvalue weighted by Gasteiger charge is 2.36. The van der Waals surface area contributed by atoms with E-state index in [9.17, 15) is 8.42 Å². The monoisotopic (exact) mass is 259 g/mol. The minimum Gasteiger partial charge on any atom is -0.311 e. The molecule has 1 aliphatic carbocycles. The van der Waals surface area contributed by atoms with Crippen LogP contribution in [-0.4, -0.2) is 25.2 Å². The number of sulfonamides is 1. The Morgan fingerprint density at radius 2 is 2.25 bits per heavy atom. The molecule has 5 nitrogen and oxygen atoms in total. The number of aromatic nitrogens is 1. The summed E-state index contributed by atoms with van der Waals surface area (Å²) in [5.74, 6) is 0. The number of anilines is 1. The Labute approximate surface area is 98.3 Å². The first-order valence-electron chi connectivity index (χ1n) is 5.36. The zero-order chi connectivity index (χ0) is 11.2. The molecule has 0 saturated heterocycles. The van der Waals surface area contributed by atoms with Crippen LogP contribution in [0.3, 0.4) is 0 Å². The van der Waals surface area contributed by atoms with Crippen molar-refractivity contribution in [3.8, 4) is 0 Å². The van der Waals surface area contributed by atoms with Crippen LogP contribution >= 0.6 is 11.3 Å². The highest BCUT2D eigenvalue weighted by molar-refractivity contribution is 7.93. The lowest BCUT2D eigenvalue weighted by Gasteiger charge is -2.09. The first kappa shape index (κ1) is 10.5. The molecule has 0 radical (unpaired) electrons. The van der Waals surface area contributed by atoms with Crippen molar-refractivity contribution >= 4 is 26.5 Å². The number of hydrogen-bond donors (Lipinski definition) is 2. The minimum absolute atomic E-state index is 0.188. The van der Waals surface area contributed by atoms with E-state index < -0.39 is 10.0 Å². The highest BCUT2D eigenvalue weighted by atomic mass is 32.2. The molecule has 2 N–H and O–H groups in total. The number of thiazole rings is 1. The molecule has 88 valence electrons. The summed E-state index contributed by atoms with van der Waals surface area (Å²) >= 11 is 1.44. The van der Waals surface area contributed by atoms with Crippen LogP contribution in [0.25, 0.3) is 0 Å². The molecule has 2 heterocycles. The van der Waals surface area contributed by atoms with Gasteiger partial charge in [-0.05, 0) is 12.8 Å². The van der Waals surface area contributed by atoms with Gasteiger partial charge in [0.25, 0.3) is 0 Å². The maximum absolute atomic E-state index is 11.7. The van der Waals surface area contributed by atoms with Crippen LogP contribution in [-0.2, 0) is 23.0 Å². The smallest absolute Gasteiger partial charge is 0.237 e. The third-order valence-electron chi connectivity index (χ3n) is 2.80. The largest absolute Gasteiger partial charge is 0.311 e. The SMILES string of the molecule is O=S(=O)(Nc1nc2c(s1)CNCC2)C1CC1. The van der Waals surface area contributed by atoms with E-state index in [4.69, 9.17) is 0 Å². The second-order valence-corrected chi connectivity index (χ2v) is 7.21. The van der Waals surface area contributed by atoms with E-state index in [1.54, 1.807) is 0 Å². The molecule has 0 unspecified atom stereocenters. The van der Waals surface area contributed by atoms with Gasteiger partial charge in [0, 0.05) is 24.4 Å². The van der Waals surface area contributed by atoms with Gasteiger partial charge in [-0.2, -0.15) is 0 Å².